The number of esters is 1. The lowest BCUT2D eigenvalue weighted by Crippen LogP contribution is -2.67. The van der Waals surface area contributed by atoms with Crippen LogP contribution in [0.4, 0.5) is 0 Å². The number of aliphatic hydroxyl groups is 2. The molecule has 2 heterocycles. The Bertz CT molecular complexity index is 2120. The van der Waals surface area contributed by atoms with Gasteiger partial charge in [0.2, 0.25) is 47.8 Å². The van der Waals surface area contributed by atoms with Crippen LogP contribution in [0.2, 0.25) is 0 Å². The van der Waals surface area contributed by atoms with Gasteiger partial charge < -0.3 is 66.9 Å². The fraction of sp³-hybridized carbons (Fsp3) is 0.543. The lowest BCUT2D eigenvalue weighted by molar-refractivity contribution is -0.170. The van der Waals surface area contributed by atoms with Crippen LogP contribution in [-0.2, 0) is 60.7 Å². The number of methoxy groups -OCH3 is 1. The zero-order valence-corrected chi connectivity index (χ0v) is 39.0. The first-order chi connectivity index (χ1) is 32.2. The molecule has 2 fully saturated rings. The number of phenols is 1. The predicted octanol–water partition coefficient (Wildman–Crippen LogP) is -1.60. The summed E-state index contributed by atoms with van der Waals surface area (Å²) in [5, 5.41) is 45.0. The van der Waals surface area contributed by atoms with Crippen molar-refractivity contribution >= 4 is 53.7 Å². The first-order valence-electron chi connectivity index (χ1n) is 22.5. The molecular weight excluding hydrogens is 889 g/mol. The molecule has 0 aliphatic carbocycles. The highest BCUT2D eigenvalue weighted by atomic mass is 16.5. The van der Waals surface area contributed by atoms with Gasteiger partial charge in [-0.3, -0.25) is 38.4 Å². The summed E-state index contributed by atoms with van der Waals surface area (Å²) in [6.45, 7) is 5.87. The van der Waals surface area contributed by atoms with E-state index in [1.165, 1.54) is 40.1 Å². The minimum atomic E-state index is -1.81. The fourth-order valence-corrected chi connectivity index (χ4v) is 8.00. The summed E-state index contributed by atoms with van der Waals surface area (Å²) in [6, 6.07) is 1.78. The number of ether oxygens (including phenoxy) is 2. The Morgan fingerprint density at radius 1 is 0.941 bits per heavy atom. The van der Waals surface area contributed by atoms with E-state index >= 15 is 0 Å². The van der Waals surface area contributed by atoms with E-state index in [4.69, 9.17) is 15.2 Å². The number of rotatable bonds is 16. The number of hydrogen-bond acceptors (Lipinski definition) is 14. The first kappa shape index (κ1) is 53.8. The second kappa shape index (κ2) is 24.8. The highest BCUT2D eigenvalue weighted by Crippen LogP contribution is 2.25. The lowest BCUT2D eigenvalue weighted by atomic mass is 9.96. The molecule has 1 unspecified atom stereocenters. The average molecular weight is 953 g/mol. The van der Waals surface area contributed by atoms with Crippen molar-refractivity contribution in [3.05, 3.63) is 59.7 Å². The molecule has 22 nitrogen and oxygen atoms in total. The summed E-state index contributed by atoms with van der Waals surface area (Å²) in [7, 11) is 2.74. The number of amides is 8. The van der Waals surface area contributed by atoms with Gasteiger partial charge in [0.25, 0.3) is 0 Å². The number of nitrogens with zero attached hydrogens (tertiary/aromatic N) is 2. The molecule has 11 atom stereocenters. The van der Waals surface area contributed by atoms with Gasteiger partial charge in [-0.2, -0.15) is 0 Å². The van der Waals surface area contributed by atoms with Crippen LogP contribution in [0.1, 0.15) is 77.3 Å². The molecule has 2 aliphatic heterocycles. The molecule has 0 spiro atoms. The third-order valence-corrected chi connectivity index (χ3v) is 12.3. The van der Waals surface area contributed by atoms with Crippen molar-refractivity contribution in [3.63, 3.8) is 0 Å². The normalized spacial score (nSPS) is 25.7. The number of carbonyl (C=O) groups excluding carboxylic acids is 9. The van der Waals surface area contributed by atoms with E-state index in [1.807, 2.05) is 0 Å². The largest absolute Gasteiger partial charge is 0.508 e. The number of phenolic OH excluding ortho intramolecular Hbond substituents is 1. The summed E-state index contributed by atoms with van der Waals surface area (Å²) in [5.74, 6) is -7.79. The molecule has 2 aliphatic rings. The zero-order valence-electron chi connectivity index (χ0n) is 39.0. The third kappa shape index (κ3) is 14.1. The number of nitrogens with two attached hydrogens (primary N) is 1. The van der Waals surface area contributed by atoms with Gasteiger partial charge in [-0.05, 0) is 87.3 Å². The van der Waals surface area contributed by atoms with Crippen LogP contribution in [0.25, 0.3) is 0 Å². The van der Waals surface area contributed by atoms with Gasteiger partial charge in [0.15, 0.2) is 0 Å². The molecule has 22 heteroatoms. The van der Waals surface area contributed by atoms with Crippen molar-refractivity contribution in [2.45, 2.75) is 140 Å². The minimum absolute atomic E-state index is 0.0299. The molecule has 10 N–H and O–H groups in total. The number of fused-ring (bicyclic) bond motifs is 2. The highest BCUT2D eigenvalue weighted by Gasteiger charge is 2.47. The highest BCUT2D eigenvalue weighted by molar-refractivity contribution is 5.98. The number of cyclic esters (lactones) is 1. The van der Waals surface area contributed by atoms with E-state index < -0.39 is 114 Å². The Labute approximate surface area is 394 Å². The maximum Gasteiger partial charge on any atom is 0.329 e. The number of aromatic hydroxyl groups is 1. The molecule has 2 bridgehead atoms. The van der Waals surface area contributed by atoms with Crippen molar-refractivity contribution in [2.24, 2.45) is 11.7 Å². The molecule has 0 saturated carbocycles. The summed E-state index contributed by atoms with van der Waals surface area (Å²) in [5.41, 5.74) is 6.45. The Hall–Kier alpha value is -6.81. The van der Waals surface area contributed by atoms with Crippen LogP contribution in [-0.4, -0.2) is 154 Å². The van der Waals surface area contributed by atoms with Gasteiger partial charge in [-0.15, -0.1) is 0 Å². The molecule has 2 aromatic carbocycles. The molecule has 372 valence electrons. The number of likely N-dealkylation sites (N-methyl/N-ethyl adjacent to an activating group) is 1. The van der Waals surface area contributed by atoms with E-state index in [1.54, 1.807) is 50.2 Å². The second-order valence-electron chi connectivity index (χ2n) is 17.2. The Balaban J connectivity index is 1.88. The summed E-state index contributed by atoms with van der Waals surface area (Å²) in [4.78, 5) is 125. The molecule has 2 aromatic rings. The first-order valence-corrected chi connectivity index (χ1v) is 22.5. The van der Waals surface area contributed by atoms with E-state index in [0.29, 0.717) is 23.3 Å². The van der Waals surface area contributed by atoms with Crippen LogP contribution in [0.15, 0.2) is 48.5 Å². The number of carbonyl (C=O) groups is 9. The van der Waals surface area contributed by atoms with Gasteiger partial charge in [0.05, 0.1) is 13.2 Å². The molecule has 2 saturated heterocycles. The third-order valence-electron chi connectivity index (χ3n) is 12.3. The Morgan fingerprint density at radius 3 is 2.18 bits per heavy atom. The smallest absolute Gasteiger partial charge is 0.329 e. The standard InChI is InChI=1S/C46H64N8O14/c1-7-24(2)37-46(66)68-26(4)38(52-40(60)31(48-23-55)18-20-35(47)58)43(63)49-32(17-12-27-8-13-29(57)14-9-27)41(61)50-33-19-21-36(59)54(44(33)64)39(25(3)56)45(65)53(5)34(42(62)51-37)22-28-10-15-30(67-6)16-11-28/h8-11,13-16,23-26,31-34,36-39,56-57,59H,7,12,17-22H2,1-6H3,(H2,47,58)(H,48,55)(H,49,63)(H,50,61)(H,51,62)(H,52,60)/t24-,25+,26+,31-,32-,33-,34-,36+,37?,38-,39+/m0/s1. The van der Waals surface area contributed by atoms with Gasteiger partial charge in [-0.25, -0.2) is 4.79 Å². The lowest BCUT2D eigenvalue weighted by Gasteiger charge is -2.43. The van der Waals surface area contributed by atoms with Gasteiger partial charge in [0, 0.05) is 19.9 Å². The van der Waals surface area contributed by atoms with Crippen LogP contribution < -0.4 is 37.1 Å². The molecule has 4 rings (SSSR count). The number of primary amides is 1. The second-order valence-corrected chi connectivity index (χ2v) is 17.2. The Morgan fingerprint density at radius 2 is 1.59 bits per heavy atom. The monoisotopic (exact) mass is 952 g/mol. The average Bonchev–Trinajstić information content (AvgIpc) is 3.30. The van der Waals surface area contributed by atoms with Crippen LogP contribution in [0, 0.1) is 5.92 Å². The summed E-state index contributed by atoms with van der Waals surface area (Å²) < 4.78 is 11.1. The molecule has 8 amide bonds. The number of benzene rings is 2. The maximum absolute atomic E-state index is 14.7. The SMILES string of the molecule is CC[C@H](C)C1NC(=O)[C@H](Cc2ccc(OC)cc2)N(C)C(=O)[C@@H]([C@@H](C)O)N2C(=O)[C@H](CC[C@H]2O)NC(=O)[C@H](CCc2ccc(O)cc2)NC(=O)[C@@H](NC(=O)[C@H](CCC(N)=O)NC=O)[C@@H](C)OC1=O. The summed E-state index contributed by atoms with van der Waals surface area (Å²) in [6.07, 6.45) is -5.47. The number of aliphatic hydroxyl groups excluding tert-OH is 2. The fourth-order valence-electron chi connectivity index (χ4n) is 8.00. The molecule has 0 aromatic heterocycles. The number of aryl methyl sites for hydroxylation is 1. The number of hydrogen-bond donors (Lipinski definition) is 9. The van der Waals surface area contributed by atoms with Gasteiger partial charge in [0.1, 0.15) is 66.1 Å². The summed E-state index contributed by atoms with van der Waals surface area (Å²) >= 11 is 0. The van der Waals surface area contributed by atoms with Crippen LogP contribution in [0.3, 0.4) is 0 Å². The van der Waals surface area contributed by atoms with Gasteiger partial charge in [-0.1, -0.05) is 44.5 Å². The van der Waals surface area contributed by atoms with Crippen molar-refractivity contribution < 1.29 is 67.9 Å². The van der Waals surface area contributed by atoms with Crippen molar-refractivity contribution in [3.8, 4) is 11.5 Å². The zero-order chi connectivity index (χ0) is 50.4. The maximum atomic E-state index is 14.7. The van der Waals surface area contributed by atoms with Crippen LogP contribution >= 0.6 is 0 Å². The number of nitrogens with one attached hydrogen (secondary N) is 5. The molecular formula is C46H64N8O14. The quantitative estimate of drug-likeness (QED) is 0.0677. The number of piperidine rings is 1. The van der Waals surface area contributed by atoms with E-state index in [9.17, 15) is 58.5 Å². The van der Waals surface area contributed by atoms with E-state index in [0.717, 1.165) is 9.80 Å². The van der Waals surface area contributed by atoms with Crippen molar-refractivity contribution in [1.82, 2.24) is 36.4 Å². The topological polar surface area (TPSA) is 325 Å². The molecule has 68 heavy (non-hydrogen) atoms. The van der Waals surface area contributed by atoms with E-state index in [2.05, 4.69) is 26.6 Å². The van der Waals surface area contributed by atoms with Crippen LogP contribution in [0.5, 0.6) is 11.5 Å². The van der Waals surface area contributed by atoms with Crippen molar-refractivity contribution in [2.75, 3.05) is 14.2 Å². The van der Waals surface area contributed by atoms with Gasteiger partial charge >= 0.3 is 5.97 Å². The predicted molar refractivity (Wildman–Crippen MR) is 241 cm³/mol. The minimum Gasteiger partial charge on any atom is -0.508 e. The van der Waals surface area contributed by atoms with E-state index in [-0.39, 0.29) is 57.1 Å². The Kier molecular flexibility index (Phi) is 19.6. The molecule has 0 radical (unpaired) electrons. The van der Waals surface area contributed by atoms with Crippen molar-refractivity contribution in [1.29, 1.82) is 0 Å².